The van der Waals surface area contributed by atoms with E-state index in [1.165, 1.54) is 22.4 Å². The van der Waals surface area contributed by atoms with Crippen molar-refractivity contribution in [1.82, 2.24) is 4.98 Å². The van der Waals surface area contributed by atoms with Gasteiger partial charge in [-0.25, -0.2) is 0 Å². The van der Waals surface area contributed by atoms with Gasteiger partial charge in [-0.1, -0.05) is 81.8 Å². The first-order chi connectivity index (χ1) is 15.9. The Labute approximate surface area is 236 Å². The Bertz CT molecular complexity index is 1170. The first-order valence-electron chi connectivity index (χ1n) is 11.8. The molecular formula is C31H33GdN2-. The molecule has 0 spiro atoms. The topological polar surface area (TPSA) is 24.9 Å². The van der Waals surface area contributed by atoms with E-state index in [0.717, 1.165) is 22.5 Å². The van der Waals surface area contributed by atoms with Crippen molar-refractivity contribution in [2.24, 2.45) is 0 Å². The number of rotatable bonds is 7. The van der Waals surface area contributed by atoms with E-state index in [4.69, 9.17) is 4.98 Å². The molecular weight excluding hydrogens is 558 g/mol. The standard InChI is InChI=1S/C31H33N2.Gd/c1-21(2)26-19-23(5)20-27(22(3)4)31(26)33-30(25-15-10-7-11-16-25)29-18-12-17-28(32-29)24-13-8-6-9-14-24;/h6-15,17-22,30,33H,1-5H3;/q-1;. The average molecular weight is 591 g/mol. The van der Waals surface area contributed by atoms with Crippen molar-refractivity contribution in [2.75, 3.05) is 5.32 Å². The number of hydrogen-bond acceptors (Lipinski definition) is 2. The molecule has 0 fully saturated rings. The Kier molecular flexibility index (Phi) is 9.42. The number of aromatic nitrogens is 1. The molecule has 176 valence electrons. The van der Waals surface area contributed by atoms with Crippen LogP contribution in [0.5, 0.6) is 0 Å². The minimum Gasteiger partial charge on any atom is -0.374 e. The predicted molar refractivity (Wildman–Crippen MR) is 140 cm³/mol. The molecule has 4 rings (SSSR count). The molecule has 3 heteroatoms. The summed E-state index contributed by atoms with van der Waals surface area (Å²) in [7, 11) is 0. The molecule has 0 saturated heterocycles. The van der Waals surface area contributed by atoms with Crippen LogP contribution in [0.1, 0.15) is 73.5 Å². The Morgan fingerprint density at radius 1 is 0.765 bits per heavy atom. The zero-order chi connectivity index (χ0) is 23.4. The van der Waals surface area contributed by atoms with E-state index in [1.807, 2.05) is 18.2 Å². The van der Waals surface area contributed by atoms with Crippen molar-refractivity contribution in [3.8, 4) is 11.3 Å². The third-order valence-corrected chi connectivity index (χ3v) is 6.06. The SMILES string of the molecule is Cc1cc(C(C)C)c(NC(c2[c-]cccc2)c2cccc(-c3ccccc3)n2)c(C(C)C)c1.[Gd]. The molecule has 0 aliphatic heterocycles. The van der Waals surface area contributed by atoms with E-state index in [1.54, 1.807) is 0 Å². The van der Waals surface area contributed by atoms with Crippen molar-refractivity contribution in [3.05, 3.63) is 119 Å². The van der Waals surface area contributed by atoms with Gasteiger partial charge in [0.2, 0.25) is 0 Å². The fourth-order valence-electron chi connectivity index (χ4n) is 4.34. The van der Waals surface area contributed by atoms with Crippen LogP contribution in [0.15, 0.2) is 84.9 Å². The Balaban J connectivity index is 0.00000324. The van der Waals surface area contributed by atoms with Crippen LogP contribution in [0.25, 0.3) is 11.3 Å². The second-order valence-corrected chi connectivity index (χ2v) is 9.34. The fraction of sp³-hybridized carbons (Fsp3) is 0.258. The van der Waals surface area contributed by atoms with Crippen molar-refractivity contribution in [3.63, 3.8) is 0 Å². The van der Waals surface area contributed by atoms with Crippen molar-refractivity contribution in [2.45, 2.75) is 52.5 Å². The van der Waals surface area contributed by atoms with Crippen LogP contribution in [0.2, 0.25) is 0 Å². The molecule has 3 aromatic carbocycles. The largest absolute Gasteiger partial charge is 0.374 e. The number of benzene rings is 3. The monoisotopic (exact) mass is 591 g/mol. The van der Waals surface area contributed by atoms with Gasteiger partial charge in [-0.15, -0.1) is 5.56 Å². The third-order valence-electron chi connectivity index (χ3n) is 6.06. The summed E-state index contributed by atoms with van der Waals surface area (Å²) in [5, 5.41) is 3.92. The molecule has 0 aliphatic rings. The number of aryl methyl sites for hydroxylation is 1. The molecule has 1 N–H and O–H groups in total. The van der Waals surface area contributed by atoms with E-state index in [-0.39, 0.29) is 46.0 Å². The molecule has 0 saturated carbocycles. The number of anilines is 1. The minimum absolute atomic E-state index is 0. The van der Waals surface area contributed by atoms with Crippen molar-refractivity contribution < 1.29 is 39.9 Å². The second kappa shape index (κ2) is 12.1. The van der Waals surface area contributed by atoms with Crippen LogP contribution in [-0.4, -0.2) is 4.98 Å². The molecule has 4 aromatic rings. The summed E-state index contributed by atoms with van der Waals surface area (Å²) < 4.78 is 0. The Hall–Kier alpha value is -2.07. The van der Waals surface area contributed by atoms with Crippen LogP contribution < -0.4 is 5.32 Å². The predicted octanol–water partition coefficient (Wildman–Crippen LogP) is 8.31. The summed E-state index contributed by atoms with van der Waals surface area (Å²) in [6.07, 6.45) is 0. The first-order valence-corrected chi connectivity index (χ1v) is 11.8. The molecule has 1 aromatic heterocycles. The van der Waals surface area contributed by atoms with E-state index >= 15 is 0 Å². The Morgan fingerprint density at radius 2 is 1.41 bits per heavy atom. The van der Waals surface area contributed by atoms with Crippen molar-refractivity contribution >= 4 is 5.69 Å². The summed E-state index contributed by atoms with van der Waals surface area (Å²) in [4.78, 5) is 5.10. The quantitative estimate of drug-likeness (QED) is 0.219. The maximum atomic E-state index is 5.10. The maximum absolute atomic E-state index is 5.10. The van der Waals surface area contributed by atoms with Gasteiger partial charge in [-0.2, -0.15) is 30.3 Å². The van der Waals surface area contributed by atoms with Crippen LogP contribution in [0.4, 0.5) is 5.69 Å². The van der Waals surface area contributed by atoms with E-state index in [9.17, 15) is 0 Å². The molecule has 0 radical (unpaired) electrons. The van der Waals surface area contributed by atoms with Gasteiger partial charge in [0.25, 0.3) is 0 Å². The van der Waals surface area contributed by atoms with Gasteiger partial charge in [0.05, 0.1) is 17.4 Å². The third kappa shape index (κ3) is 6.13. The van der Waals surface area contributed by atoms with Crippen LogP contribution in [0, 0.1) is 52.9 Å². The molecule has 0 amide bonds. The van der Waals surface area contributed by atoms with Crippen LogP contribution in [-0.2, 0) is 0 Å². The van der Waals surface area contributed by atoms with E-state index < -0.39 is 0 Å². The number of hydrogen-bond donors (Lipinski definition) is 1. The van der Waals surface area contributed by atoms with Gasteiger partial charge >= 0.3 is 0 Å². The van der Waals surface area contributed by atoms with Gasteiger partial charge in [0, 0.05) is 51.2 Å². The van der Waals surface area contributed by atoms with Gasteiger partial charge in [0.15, 0.2) is 0 Å². The van der Waals surface area contributed by atoms with Crippen molar-refractivity contribution in [1.29, 1.82) is 0 Å². The van der Waals surface area contributed by atoms with E-state index in [2.05, 4.69) is 113 Å². The molecule has 1 atom stereocenters. The molecule has 2 nitrogen and oxygen atoms in total. The Morgan fingerprint density at radius 3 is 2.00 bits per heavy atom. The summed E-state index contributed by atoms with van der Waals surface area (Å²) >= 11 is 0. The number of nitrogens with zero attached hydrogens (tertiary/aromatic N) is 1. The molecule has 1 heterocycles. The first kappa shape index (κ1) is 26.5. The van der Waals surface area contributed by atoms with Gasteiger partial charge in [0.1, 0.15) is 0 Å². The molecule has 0 aliphatic carbocycles. The average Bonchev–Trinajstić information content (AvgIpc) is 2.83. The summed E-state index contributed by atoms with van der Waals surface area (Å²) in [6, 6.07) is 32.8. The number of nitrogens with one attached hydrogen (secondary N) is 1. The summed E-state index contributed by atoms with van der Waals surface area (Å²) in [5.41, 5.74) is 9.39. The zero-order valence-corrected chi connectivity index (χ0v) is 22.9. The number of pyridine rings is 1. The molecule has 34 heavy (non-hydrogen) atoms. The molecule has 0 bridgehead atoms. The summed E-state index contributed by atoms with van der Waals surface area (Å²) in [5.74, 6) is 0.822. The maximum Gasteiger partial charge on any atom is 0.0715 e. The molecule has 1 unspecified atom stereocenters. The zero-order valence-electron chi connectivity index (χ0n) is 20.6. The summed E-state index contributed by atoms with van der Waals surface area (Å²) in [6.45, 7) is 11.3. The smallest absolute Gasteiger partial charge is 0.0715 e. The van der Waals surface area contributed by atoms with Gasteiger partial charge in [-0.05, 0) is 42.0 Å². The minimum atomic E-state index is -0.104. The van der Waals surface area contributed by atoms with Gasteiger partial charge < -0.3 is 5.32 Å². The van der Waals surface area contributed by atoms with Gasteiger partial charge in [-0.3, -0.25) is 4.98 Å². The normalized spacial score (nSPS) is 11.9. The second-order valence-electron chi connectivity index (χ2n) is 9.34. The van der Waals surface area contributed by atoms with Crippen LogP contribution in [0.3, 0.4) is 0 Å². The fourth-order valence-corrected chi connectivity index (χ4v) is 4.34. The van der Waals surface area contributed by atoms with E-state index in [0.29, 0.717) is 11.8 Å². The van der Waals surface area contributed by atoms with Crippen LogP contribution >= 0.6 is 0 Å².